The Balaban J connectivity index is 1.45. The van der Waals surface area contributed by atoms with E-state index in [1.165, 1.54) is 0 Å². The van der Waals surface area contributed by atoms with Crippen LogP contribution in [0.3, 0.4) is 0 Å². The number of carbonyl (C=O) groups excluding carboxylic acids is 1. The van der Waals surface area contributed by atoms with Gasteiger partial charge >= 0.3 is 5.97 Å². The first kappa shape index (κ1) is 20.6. The van der Waals surface area contributed by atoms with Crippen LogP contribution in [0.15, 0.2) is 66.7 Å². The van der Waals surface area contributed by atoms with Crippen LogP contribution < -0.4 is 0 Å². The van der Waals surface area contributed by atoms with Gasteiger partial charge < -0.3 is 14.2 Å². The smallest absolute Gasteiger partial charge is 0.339 e. The molecule has 1 heterocycles. The van der Waals surface area contributed by atoms with E-state index in [1.807, 2.05) is 60.7 Å². The number of esters is 1. The highest BCUT2D eigenvalue weighted by Gasteiger charge is 2.18. The summed E-state index contributed by atoms with van der Waals surface area (Å²) < 4.78 is 17.2. The van der Waals surface area contributed by atoms with Crippen LogP contribution in [0, 0.1) is 0 Å². The highest BCUT2D eigenvalue weighted by atomic mass is 16.7. The minimum Gasteiger partial charge on any atom is -0.457 e. The summed E-state index contributed by atoms with van der Waals surface area (Å²) in [6, 6.07) is 21.8. The van der Waals surface area contributed by atoms with Gasteiger partial charge in [0, 0.05) is 6.61 Å². The van der Waals surface area contributed by atoms with Crippen molar-refractivity contribution in [3.05, 3.63) is 83.4 Å². The molecular weight excluding hydrogens is 376 g/mol. The number of fused-ring (bicyclic) bond motifs is 1. The third kappa shape index (κ3) is 5.26. The fourth-order valence-corrected chi connectivity index (χ4v) is 3.88. The minimum absolute atomic E-state index is 0.0781. The standard InChI is InChI=1S/C26H28O4/c27-26(30-19-20-9-2-1-3-10-20)25-22(16-15-21-11-4-5-13-23(21)25)12-8-18-29-24-14-6-7-17-28-24/h1-5,9-11,13,15-16,24H,6-8,12,14,17-19H2. The monoisotopic (exact) mass is 404 g/mol. The van der Waals surface area contributed by atoms with Crippen molar-refractivity contribution in [1.29, 1.82) is 0 Å². The van der Waals surface area contributed by atoms with Crippen molar-refractivity contribution in [2.45, 2.75) is 45.0 Å². The summed E-state index contributed by atoms with van der Waals surface area (Å²) in [5.74, 6) is -0.276. The van der Waals surface area contributed by atoms with Crippen LogP contribution in [-0.2, 0) is 27.2 Å². The second-order valence-corrected chi connectivity index (χ2v) is 7.65. The Hall–Kier alpha value is -2.69. The van der Waals surface area contributed by atoms with Gasteiger partial charge in [0.05, 0.1) is 12.2 Å². The van der Waals surface area contributed by atoms with E-state index in [2.05, 4.69) is 6.07 Å². The molecule has 0 spiro atoms. The minimum atomic E-state index is -0.276. The van der Waals surface area contributed by atoms with Crippen molar-refractivity contribution in [2.75, 3.05) is 13.2 Å². The zero-order valence-corrected chi connectivity index (χ0v) is 17.2. The Kier molecular flexibility index (Phi) is 7.11. The second kappa shape index (κ2) is 10.4. The lowest BCUT2D eigenvalue weighted by atomic mass is 9.96. The zero-order chi connectivity index (χ0) is 20.6. The van der Waals surface area contributed by atoms with Crippen LogP contribution in [0.25, 0.3) is 10.8 Å². The number of ether oxygens (including phenoxy) is 3. The molecule has 0 aliphatic carbocycles. The topological polar surface area (TPSA) is 44.8 Å². The van der Waals surface area contributed by atoms with Gasteiger partial charge in [0.2, 0.25) is 0 Å². The lowest BCUT2D eigenvalue weighted by Gasteiger charge is -2.22. The Morgan fingerprint density at radius 3 is 2.63 bits per heavy atom. The molecule has 1 unspecified atom stereocenters. The number of hydrogen-bond acceptors (Lipinski definition) is 4. The first-order valence-corrected chi connectivity index (χ1v) is 10.8. The largest absolute Gasteiger partial charge is 0.457 e. The van der Waals surface area contributed by atoms with Gasteiger partial charge in [-0.25, -0.2) is 4.79 Å². The number of benzene rings is 3. The van der Waals surface area contributed by atoms with Gasteiger partial charge in [-0.3, -0.25) is 0 Å². The molecule has 1 aliphatic rings. The third-order valence-electron chi connectivity index (χ3n) is 5.46. The molecule has 0 N–H and O–H groups in total. The van der Waals surface area contributed by atoms with Crippen LogP contribution in [0.5, 0.6) is 0 Å². The zero-order valence-electron chi connectivity index (χ0n) is 17.2. The van der Waals surface area contributed by atoms with Crippen molar-refractivity contribution >= 4 is 16.7 Å². The van der Waals surface area contributed by atoms with Gasteiger partial charge in [0.25, 0.3) is 0 Å². The van der Waals surface area contributed by atoms with E-state index in [-0.39, 0.29) is 18.9 Å². The van der Waals surface area contributed by atoms with E-state index < -0.39 is 0 Å². The van der Waals surface area contributed by atoms with Gasteiger partial charge in [-0.2, -0.15) is 0 Å². The molecule has 1 aliphatic heterocycles. The summed E-state index contributed by atoms with van der Waals surface area (Å²) in [6.45, 7) is 1.67. The fourth-order valence-electron chi connectivity index (χ4n) is 3.88. The molecule has 30 heavy (non-hydrogen) atoms. The summed E-state index contributed by atoms with van der Waals surface area (Å²) in [6.07, 6.45) is 4.75. The van der Waals surface area contributed by atoms with Crippen LogP contribution in [0.4, 0.5) is 0 Å². The molecule has 0 aromatic heterocycles. The molecule has 0 amide bonds. The quantitative estimate of drug-likeness (QED) is 0.358. The second-order valence-electron chi connectivity index (χ2n) is 7.65. The molecule has 0 saturated carbocycles. The normalized spacial score (nSPS) is 16.5. The maximum absolute atomic E-state index is 13.1. The summed E-state index contributed by atoms with van der Waals surface area (Å²) in [7, 11) is 0. The van der Waals surface area contributed by atoms with Crippen LogP contribution in [0.1, 0.15) is 47.2 Å². The molecule has 4 heteroatoms. The Morgan fingerprint density at radius 2 is 1.80 bits per heavy atom. The summed E-state index contributed by atoms with van der Waals surface area (Å²) >= 11 is 0. The third-order valence-corrected chi connectivity index (χ3v) is 5.46. The van der Waals surface area contributed by atoms with Crippen molar-refractivity contribution in [2.24, 2.45) is 0 Å². The summed E-state index contributed by atoms with van der Waals surface area (Å²) in [5.41, 5.74) is 2.64. The van der Waals surface area contributed by atoms with Crippen molar-refractivity contribution in [1.82, 2.24) is 0 Å². The fraction of sp³-hybridized carbons (Fsp3) is 0.346. The highest BCUT2D eigenvalue weighted by Crippen LogP contribution is 2.25. The Morgan fingerprint density at radius 1 is 0.967 bits per heavy atom. The summed E-state index contributed by atoms with van der Waals surface area (Å²) in [5, 5.41) is 1.98. The number of rotatable bonds is 8. The van der Waals surface area contributed by atoms with Crippen LogP contribution in [-0.4, -0.2) is 25.5 Å². The average Bonchev–Trinajstić information content (AvgIpc) is 2.81. The molecule has 3 aromatic carbocycles. The number of aryl methyl sites for hydroxylation is 1. The highest BCUT2D eigenvalue weighted by molar-refractivity contribution is 6.05. The predicted octanol–water partition coefficient (Wildman–Crippen LogP) is 5.67. The molecule has 156 valence electrons. The van der Waals surface area contributed by atoms with E-state index in [0.717, 1.165) is 60.6 Å². The summed E-state index contributed by atoms with van der Waals surface area (Å²) in [4.78, 5) is 13.1. The molecule has 0 bridgehead atoms. The van der Waals surface area contributed by atoms with E-state index in [4.69, 9.17) is 14.2 Å². The average molecular weight is 405 g/mol. The molecule has 3 aromatic rings. The van der Waals surface area contributed by atoms with Crippen LogP contribution >= 0.6 is 0 Å². The predicted molar refractivity (Wildman–Crippen MR) is 117 cm³/mol. The van der Waals surface area contributed by atoms with E-state index in [1.54, 1.807) is 0 Å². The molecule has 1 fully saturated rings. The van der Waals surface area contributed by atoms with Gasteiger partial charge in [-0.1, -0.05) is 66.7 Å². The molecule has 1 saturated heterocycles. The molecule has 4 nitrogen and oxygen atoms in total. The van der Waals surface area contributed by atoms with E-state index in [0.29, 0.717) is 12.2 Å². The molecule has 0 radical (unpaired) electrons. The van der Waals surface area contributed by atoms with Crippen molar-refractivity contribution < 1.29 is 19.0 Å². The van der Waals surface area contributed by atoms with Gasteiger partial charge in [-0.15, -0.1) is 0 Å². The number of hydrogen-bond donors (Lipinski definition) is 0. The van der Waals surface area contributed by atoms with Gasteiger partial charge in [0.1, 0.15) is 6.61 Å². The van der Waals surface area contributed by atoms with Crippen molar-refractivity contribution in [3.8, 4) is 0 Å². The Bertz CT molecular complexity index is 961. The first-order chi connectivity index (χ1) is 14.8. The SMILES string of the molecule is O=C(OCc1ccccc1)c1c(CCCOC2CCCCO2)ccc2ccccc12. The Labute approximate surface area is 177 Å². The lowest BCUT2D eigenvalue weighted by Crippen LogP contribution is -2.22. The van der Waals surface area contributed by atoms with E-state index in [9.17, 15) is 4.79 Å². The maximum Gasteiger partial charge on any atom is 0.339 e. The molecule has 1 atom stereocenters. The number of carbonyl (C=O) groups is 1. The lowest BCUT2D eigenvalue weighted by molar-refractivity contribution is -0.162. The van der Waals surface area contributed by atoms with Gasteiger partial charge in [0.15, 0.2) is 6.29 Å². The maximum atomic E-state index is 13.1. The van der Waals surface area contributed by atoms with Crippen LogP contribution in [0.2, 0.25) is 0 Å². The molecule has 4 rings (SSSR count). The van der Waals surface area contributed by atoms with Crippen molar-refractivity contribution in [3.63, 3.8) is 0 Å². The van der Waals surface area contributed by atoms with E-state index >= 15 is 0 Å². The molecular formula is C26H28O4. The first-order valence-electron chi connectivity index (χ1n) is 10.8. The van der Waals surface area contributed by atoms with Gasteiger partial charge in [-0.05, 0) is 54.0 Å².